The fourth-order valence-corrected chi connectivity index (χ4v) is 3.30. The smallest absolute Gasteiger partial charge is 0.291 e. The molecule has 1 heterocycles. The predicted molar refractivity (Wildman–Crippen MR) is 107 cm³/mol. The number of anilines is 2. The monoisotopic (exact) mass is 430 g/mol. The number of thioether (sulfide) groups is 1. The van der Waals surface area contributed by atoms with Crippen molar-refractivity contribution in [2.24, 2.45) is 0 Å². The van der Waals surface area contributed by atoms with Crippen LogP contribution in [-0.4, -0.2) is 17.6 Å². The lowest BCUT2D eigenvalue weighted by molar-refractivity contribution is -0.113. The van der Waals surface area contributed by atoms with Gasteiger partial charge in [0.05, 0.1) is 17.7 Å². The Hall–Kier alpha value is -2.51. The molecule has 26 heavy (non-hydrogen) atoms. The number of nitrogens with one attached hydrogen (secondary N) is 2. The Morgan fingerprint density at radius 2 is 1.85 bits per heavy atom. The van der Waals surface area contributed by atoms with Crippen molar-refractivity contribution in [3.8, 4) is 0 Å². The molecule has 7 heteroatoms. The zero-order valence-electron chi connectivity index (χ0n) is 13.6. The first-order valence-electron chi connectivity index (χ1n) is 7.74. The van der Waals surface area contributed by atoms with Crippen molar-refractivity contribution >= 4 is 50.9 Å². The number of hydrogen-bond donors (Lipinski definition) is 2. The van der Waals surface area contributed by atoms with E-state index in [2.05, 4.69) is 26.6 Å². The lowest BCUT2D eigenvalue weighted by Crippen LogP contribution is -2.14. The predicted octanol–water partition coefficient (Wildman–Crippen LogP) is 5.03. The van der Waals surface area contributed by atoms with Crippen LogP contribution in [0.1, 0.15) is 10.6 Å². The molecule has 0 unspecified atom stereocenters. The van der Waals surface area contributed by atoms with Gasteiger partial charge in [0.1, 0.15) is 0 Å². The van der Waals surface area contributed by atoms with Gasteiger partial charge >= 0.3 is 0 Å². The number of benzene rings is 2. The zero-order valence-corrected chi connectivity index (χ0v) is 16.0. The Balaban J connectivity index is 1.56. The van der Waals surface area contributed by atoms with Crippen molar-refractivity contribution < 1.29 is 14.0 Å². The molecule has 0 saturated carbocycles. The minimum atomic E-state index is -0.316. The van der Waals surface area contributed by atoms with Crippen molar-refractivity contribution in [3.05, 3.63) is 77.2 Å². The second-order valence-corrected chi connectivity index (χ2v) is 7.18. The van der Waals surface area contributed by atoms with Gasteiger partial charge in [-0.1, -0.05) is 18.2 Å². The first-order valence-corrected chi connectivity index (χ1v) is 9.52. The zero-order chi connectivity index (χ0) is 18.4. The van der Waals surface area contributed by atoms with Gasteiger partial charge in [0, 0.05) is 15.1 Å². The standard InChI is InChI=1S/C19H15BrN2O3S/c20-15-7-1-2-8-16(15)22-18(23)12-26-14-6-3-5-13(11-14)21-19(24)17-9-4-10-25-17/h1-11H,12H2,(H,21,24)(H,22,23). The highest BCUT2D eigenvalue weighted by Gasteiger charge is 2.10. The van der Waals surface area contributed by atoms with Crippen molar-refractivity contribution in [2.45, 2.75) is 4.90 Å². The summed E-state index contributed by atoms with van der Waals surface area (Å²) in [5, 5.41) is 5.62. The Bertz CT molecular complexity index is 913. The molecule has 0 bridgehead atoms. The van der Waals surface area contributed by atoms with E-state index < -0.39 is 0 Å². The van der Waals surface area contributed by atoms with Crippen LogP contribution in [0.5, 0.6) is 0 Å². The Kier molecular flexibility index (Phi) is 6.14. The SMILES string of the molecule is O=C(CSc1cccc(NC(=O)c2ccco2)c1)Nc1ccccc1Br. The van der Waals surface area contributed by atoms with Gasteiger partial charge in [-0.2, -0.15) is 0 Å². The summed E-state index contributed by atoms with van der Waals surface area (Å²) in [6, 6.07) is 18.0. The number of halogens is 1. The van der Waals surface area contributed by atoms with E-state index >= 15 is 0 Å². The summed E-state index contributed by atoms with van der Waals surface area (Å²) in [7, 11) is 0. The average Bonchev–Trinajstić information content (AvgIpc) is 3.17. The van der Waals surface area contributed by atoms with E-state index in [-0.39, 0.29) is 23.3 Å². The lowest BCUT2D eigenvalue weighted by Gasteiger charge is -2.08. The number of furan rings is 1. The van der Waals surface area contributed by atoms with Gasteiger partial charge in [0.15, 0.2) is 5.76 Å². The van der Waals surface area contributed by atoms with Gasteiger partial charge in [-0.15, -0.1) is 11.8 Å². The van der Waals surface area contributed by atoms with E-state index in [0.717, 1.165) is 15.1 Å². The van der Waals surface area contributed by atoms with Crippen LogP contribution < -0.4 is 10.6 Å². The van der Waals surface area contributed by atoms with Crippen LogP contribution in [0.25, 0.3) is 0 Å². The molecule has 0 atom stereocenters. The van der Waals surface area contributed by atoms with E-state index in [4.69, 9.17) is 4.42 Å². The third-order valence-corrected chi connectivity index (χ3v) is 5.04. The van der Waals surface area contributed by atoms with Crippen LogP contribution in [0.2, 0.25) is 0 Å². The summed E-state index contributed by atoms with van der Waals surface area (Å²) in [5.41, 5.74) is 1.38. The minimum Gasteiger partial charge on any atom is -0.459 e. The fourth-order valence-electron chi connectivity index (χ4n) is 2.16. The lowest BCUT2D eigenvalue weighted by atomic mass is 10.3. The summed E-state index contributed by atoms with van der Waals surface area (Å²) in [6.07, 6.45) is 1.45. The van der Waals surface area contributed by atoms with E-state index in [9.17, 15) is 9.59 Å². The second kappa shape index (κ2) is 8.73. The molecule has 2 amide bonds. The minimum absolute atomic E-state index is 0.105. The average molecular weight is 431 g/mol. The van der Waals surface area contributed by atoms with Crippen molar-refractivity contribution in [1.82, 2.24) is 0 Å². The normalized spacial score (nSPS) is 10.3. The summed E-state index contributed by atoms with van der Waals surface area (Å²) >= 11 is 4.79. The summed E-state index contributed by atoms with van der Waals surface area (Å²) in [6.45, 7) is 0. The molecule has 5 nitrogen and oxygen atoms in total. The summed E-state index contributed by atoms with van der Waals surface area (Å²) in [5.74, 6) is 0.0864. The molecule has 0 aliphatic heterocycles. The van der Waals surface area contributed by atoms with Gasteiger partial charge in [-0.3, -0.25) is 9.59 Å². The molecule has 0 radical (unpaired) electrons. The maximum absolute atomic E-state index is 12.1. The molecule has 0 fully saturated rings. The Morgan fingerprint density at radius 1 is 1.00 bits per heavy atom. The largest absolute Gasteiger partial charge is 0.459 e. The molecule has 1 aromatic heterocycles. The molecule has 0 spiro atoms. The van der Waals surface area contributed by atoms with E-state index in [1.54, 1.807) is 18.2 Å². The topological polar surface area (TPSA) is 71.3 Å². The molecule has 0 aliphatic rings. The van der Waals surface area contributed by atoms with Gasteiger partial charge in [-0.05, 0) is 58.4 Å². The van der Waals surface area contributed by atoms with Crippen LogP contribution >= 0.6 is 27.7 Å². The maximum atomic E-state index is 12.1. The van der Waals surface area contributed by atoms with Gasteiger partial charge in [-0.25, -0.2) is 0 Å². The number of hydrogen-bond acceptors (Lipinski definition) is 4. The highest BCUT2D eigenvalue weighted by atomic mass is 79.9. The Labute approximate surface area is 163 Å². The number of carbonyl (C=O) groups is 2. The summed E-state index contributed by atoms with van der Waals surface area (Å²) in [4.78, 5) is 25.0. The van der Waals surface area contributed by atoms with Crippen molar-refractivity contribution in [3.63, 3.8) is 0 Å². The molecular weight excluding hydrogens is 416 g/mol. The second-order valence-electron chi connectivity index (χ2n) is 5.28. The highest BCUT2D eigenvalue weighted by molar-refractivity contribution is 9.10. The Morgan fingerprint density at radius 3 is 2.62 bits per heavy atom. The summed E-state index contributed by atoms with van der Waals surface area (Å²) < 4.78 is 5.90. The molecule has 132 valence electrons. The molecule has 0 saturated heterocycles. The highest BCUT2D eigenvalue weighted by Crippen LogP contribution is 2.24. The third-order valence-electron chi connectivity index (χ3n) is 3.35. The fraction of sp³-hybridized carbons (Fsp3) is 0.0526. The van der Waals surface area contributed by atoms with Gasteiger partial charge in [0.25, 0.3) is 5.91 Å². The van der Waals surface area contributed by atoms with Crippen LogP contribution in [0.15, 0.2) is 80.7 Å². The molecule has 2 N–H and O–H groups in total. The van der Waals surface area contributed by atoms with Crippen LogP contribution in [0.4, 0.5) is 11.4 Å². The van der Waals surface area contributed by atoms with Crippen LogP contribution in [0, 0.1) is 0 Å². The first kappa shape index (κ1) is 18.3. The molecule has 0 aliphatic carbocycles. The third kappa shape index (κ3) is 5.00. The molecule has 3 rings (SSSR count). The van der Waals surface area contributed by atoms with Crippen molar-refractivity contribution in [2.75, 3.05) is 16.4 Å². The number of carbonyl (C=O) groups excluding carboxylic acids is 2. The quantitative estimate of drug-likeness (QED) is 0.538. The molecule has 3 aromatic rings. The van der Waals surface area contributed by atoms with E-state index in [1.165, 1.54) is 18.0 Å². The molecular formula is C19H15BrN2O3S. The first-order chi connectivity index (χ1) is 12.6. The van der Waals surface area contributed by atoms with Gasteiger partial charge < -0.3 is 15.1 Å². The van der Waals surface area contributed by atoms with Crippen LogP contribution in [-0.2, 0) is 4.79 Å². The van der Waals surface area contributed by atoms with Gasteiger partial charge in [0.2, 0.25) is 5.91 Å². The van der Waals surface area contributed by atoms with E-state index in [1.807, 2.05) is 42.5 Å². The number of para-hydroxylation sites is 1. The molecule has 2 aromatic carbocycles. The number of amides is 2. The maximum Gasteiger partial charge on any atom is 0.291 e. The number of rotatable bonds is 6. The van der Waals surface area contributed by atoms with Crippen molar-refractivity contribution in [1.29, 1.82) is 0 Å². The van der Waals surface area contributed by atoms with Crippen LogP contribution in [0.3, 0.4) is 0 Å². The van der Waals surface area contributed by atoms with E-state index in [0.29, 0.717) is 5.69 Å².